The fraction of sp³-hybridized carbons (Fsp3) is 0.300. The van der Waals surface area contributed by atoms with Crippen LogP contribution >= 0.6 is 0 Å². The third kappa shape index (κ3) is 3.55. The Labute approximate surface area is 87.4 Å². The SMILES string of the molecule is CN(CCN)C(=O)Oc1cccc(F)c1. The first-order valence-corrected chi connectivity index (χ1v) is 4.52. The molecule has 0 saturated carbocycles. The Morgan fingerprint density at radius 1 is 1.60 bits per heavy atom. The summed E-state index contributed by atoms with van der Waals surface area (Å²) < 4.78 is 17.6. The van der Waals surface area contributed by atoms with Gasteiger partial charge in [-0.25, -0.2) is 9.18 Å². The van der Waals surface area contributed by atoms with Crippen LogP contribution in [0.25, 0.3) is 0 Å². The van der Waals surface area contributed by atoms with Crippen molar-refractivity contribution in [2.45, 2.75) is 0 Å². The molecule has 0 unspecified atom stereocenters. The Morgan fingerprint density at radius 3 is 2.93 bits per heavy atom. The van der Waals surface area contributed by atoms with Gasteiger partial charge in [-0.3, -0.25) is 0 Å². The van der Waals surface area contributed by atoms with Gasteiger partial charge < -0.3 is 15.4 Å². The van der Waals surface area contributed by atoms with E-state index >= 15 is 0 Å². The van der Waals surface area contributed by atoms with Crippen LogP contribution in [0.1, 0.15) is 0 Å². The number of rotatable bonds is 3. The summed E-state index contributed by atoms with van der Waals surface area (Å²) in [4.78, 5) is 12.7. The van der Waals surface area contributed by atoms with Crippen molar-refractivity contribution in [1.82, 2.24) is 4.90 Å². The monoisotopic (exact) mass is 212 g/mol. The number of amides is 1. The highest BCUT2D eigenvalue weighted by atomic mass is 19.1. The van der Waals surface area contributed by atoms with Crippen molar-refractivity contribution in [2.24, 2.45) is 5.73 Å². The number of benzene rings is 1. The molecule has 1 rings (SSSR count). The zero-order valence-electron chi connectivity index (χ0n) is 8.44. The number of nitrogens with zero attached hydrogens (tertiary/aromatic N) is 1. The van der Waals surface area contributed by atoms with Crippen molar-refractivity contribution in [3.8, 4) is 5.75 Å². The molecule has 2 N–H and O–H groups in total. The van der Waals surface area contributed by atoms with Gasteiger partial charge in [0.05, 0.1) is 0 Å². The quantitative estimate of drug-likeness (QED) is 0.819. The molecule has 0 aliphatic heterocycles. The van der Waals surface area contributed by atoms with Crippen LogP contribution in [-0.2, 0) is 0 Å². The van der Waals surface area contributed by atoms with Crippen molar-refractivity contribution in [2.75, 3.05) is 20.1 Å². The van der Waals surface area contributed by atoms with E-state index in [0.29, 0.717) is 13.1 Å². The van der Waals surface area contributed by atoms with Crippen molar-refractivity contribution in [3.63, 3.8) is 0 Å². The fourth-order valence-corrected chi connectivity index (χ4v) is 0.994. The zero-order valence-corrected chi connectivity index (χ0v) is 8.44. The summed E-state index contributed by atoms with van der Waals surface area (Å²) in [5.74, 6) is -0.259. The average Bonchev–Trinajstić information content (AvgIpc) is 2.18. The lowest BCUT2D eigenvalue weighted by atomic mass is 10.3. The minimum atomic E-state index is -0.550. The van der Waals surface area contributed by atoms with E-state index in [-0.39, 0.29) is 5.75 Å². The van der Waals surface area contributed by atoms with Gasteiger partial charge in [-0.05, 0) is 12.1 Å². The smallest absolute Gasteiger partial charge is 0.410 e. The molecule has 5 heteroatoms. The molecule has 0 bridgehead atoms. The van der Waals surface area contributed by atoms with Crippen LogP contribution < -0.4 is 10.5 Å². The molecule has 1 aromatic rings. The molecule has 0 atom stereocenters. The van der Waals surface area contributed by atoms with Crippen LogP contribution in [0.15, 0.2) is 24.3 Å². The second-order valence-corrected chi connectivity index (χ2v) is 3.04. The first-order chi connectivity index (χ1) is 7.13. The molecule has 0 aliphatic rings. The summed E-state index contributed by atoms with van der Waals surface area (Å²) in [5, 5.41) is 0. The molecule has 0 spiro atoms. The van der Waals surface area contributed by atoms with Crippen LogP contribution in [0, 0.1) is 5.82 Å². The van der Waals surface area contributed by atoms with E-state index in [9.17, 15) is 9.18 Å². The van der Waals surface area contributed by atoms with Crippen LogP contribution in [0.3, 0.4) is 0 Å². The predicted octanol–water partition coefficient (Wildman–Crippen LogP) is 1.21. The summed E-state index contributed by atoms with van der Waals surface area (Å²) in [6.45, 7) is 0.753. The second-order valence-electron chi connectivity index (χ2n) is 3.04. The number of likely N-dealkylation sites (N-methyl/N-ethyl adjacent to an activating group) is 1. The van der Waals surface area contributed by atoms with E-state index in [1.807, 2.05) is 0 Å². The lowest BCUT2D eigenvalue weighted by Crippen LogP contribution is -2.33. The van der Waals surface area contributed by atoms with Gasteiger partial charge in [-0.1, -0.05) is 6.07 Å². The van der Waals surface area contributed by atoms with Crippen molar-refractivity contribution < 1.29 is 13.9 Å². The van der Waals surface area contributed by atoms with Crippen LogP contribution in [0.4, 0.5) is 9.18 Å². The minimum absolute atomic E-state index is 0.184. The number of ether oxygens (including phenoxy) is 1. The Balaban J connectivity index is 2.58. The van der Waals surface area contributed by atoms with Gasteiger partial charge in [0, 0.05) is 26.2 Å². The van der Waals surface area contributed by atoms with Gasteiger partial charge >= 0.3 is 6.09 Å². The highest BCUT2D eigenvalue weighted by Gasteiger charge is 2.10. The maximum atomic E-state index is 12.7. The fourth-order valence-electron chi connectivity index (χ4n) is 0.994. The molecule has 0 fully saturated rings. The molecule has 82 valence electrons. The molecule has 1 amide bonds. The maximum absolute atomic E-state index is 12.7. The van der Waals surface area contributed by atoms with Gasteiger partial charge in [0.25, 0.3) is 0 Å². The van der Waals surface area contributed by atoms with E-state index in [1.165, 1.54) is 23.1 Å². The van der Waals surface area contributed by atoms with Gasteiger partial charge in [-0.15, -0.1) is 0 Å². The van der Waals surface area contributed by atoms with Crippen LogP contribution in [0.2, 0.25) is 0 Å². The van der Waals surface area contributed by atoms with E-state index in [2.05, 4.69) is 0 Å². The third-order valence-electron chi connectivity index (χ3n) is 1.78. The molecule has 15 heavy (non-hydrogen) atoms. The predicted molar refractivity (Wildman–Crippen MR) is 54.1 cm³/mol. The Hall–Kier alpha value is -1.62. The molecule has 0 aromatic heterocycles. The molecule has 4 nitrogen and oxygen atoms in total. The lowest BCUT2D eigenvalue weighted by molar-refractivity contribution is 0.164. The van der Waals surface area contributed by atoms with Gasteiger partial charge in [0.2, 0.25) is 0 Å². The standard InChI is InChI=1S/C10H13FN2O2/c1-13(6-5-12)10(14)15-9-4-2-3-8(11)7-9/h2-4,7H,5-6,12H2,1H3. The zero-order chi connectivity index (χ0) is 11.3. The Kier molecular flexibility index (Phi) is 4.05. The molecule has 0 saturated heterocycles. The van der Waals surface area contributed by atoms with Gasteiger partial charge in [-0.2, -0.15) is 0 Å². The third-order valence-corrected chi connectivity index (χ3v) is 1.78. The number of hydrogen-bond acceptors (Lipinski definition) is 3. The van der Waals surface area contributed by atoms with Crippen molar-refractivity contribution in [3.05, 3.63) is 30.1 Å². The molecule has 1 aromatic carbocycles. The summed E-state index contributed by atoms with van der Waals surface area (Å²) in [7, 11) is 1.56. The average molecular weight is 212 g/mol. The van der Waals surface area contributed by atoms with E-state index in [1.54, 1.807) is 7.05 Å². The van der Waals surface area contributed by atoms with E-state index in [4.69, 9.17) is 10.5 Å². The topological polar surface area (TPSA) is 55.6 Å². The summed E-state index contributed by atoms with van der Waals surface area (Å²) in [5.41, 5.74) is 5.28. The molecule has 0 radical (unpaired) electrons. The molecular weight excluding hydrogens is 199 g/mol. The first kappa shape index (κ1) is 11.5. The summed E-state index contributed by atoms with van der Waals surface area (Å²) in [6.07, 6.45) is -0.550. The van der Waals surface area contributed by atoms with Crippen molar-refractivity contribution in [1.29, 1.82) is 0 Å². The molecular formula is C10H13FN2O2. The summed E-state index contributed by atoms with van der Waals surface area (Å²) in [6, 6.07) is 5.41. The number of carbonyl (C=O) groups excluding carboxylic acids is 1. The van der Waals surface area contributed by atoms with E-state index < -0.39 is 11.9 Å². The number of carbonyl (C=O) groups is 1. The number of nitrogens with two attached hydrogens (primary N) is 1. The summed E-state index contributed by atoms with van der Waals surface area (Å²) >= 11 is 0. The van der Waals surface area contributed by atoms with Gasteiger partial charge in [0.1, 0.15) is 11.6 Å². The highest BCUT2D eigenvalue weighted by Crippen LogP contribution is 2.12. The van der Waals surface area contributed by atoms with Crippen LogP contribution in [0.5, 0.6) is 5.75 Å². The number of hydrogen-bond donors (Lipinski definition) is 1. The van der Waals surface area contributed by atoms with Crippen LogP contribution in [-0.4, -0.2) is 31.1 Å². The van der Waals surface area contributed by atoms with Crippen molar-refractivity contribution >= 4 is 6.09 Å². The lowest BCUT2D eigenvalue weighted by Gasteiger charge is -2.15. The molecule has 0 heterocycles. The van der Waals surface area contributed by atoms with Gasteiger partial charge in [0.15, 0.2) is 0 Å². The largest absolute Gasteiger partial charge is 0.415 e. The normalized spacial score (nSPS) is 9.80. The number of halogens is 1. The second kappa shape index (κ2) is 5.31. The Bertz CT molecular complexity index is 344. The minimum Gasteiger partial charge on any atom is -0.410 e. The molecule has 0 aliphatic carbocycles. The maximum Gasteiger partial charge on any atom is 0.415 e. The highest BCUT2D eigenvalue weighted by molar-refractivity contribution is 5.70. The Morgan fingerprint density at radius 2 is 2.33 bits per heavy atom. The first-order valence-electron chi connectivity index (χ1n) is 4.52. The van der Waals surface area contributed by atoms with E-state index in [0.717, 1.165) is 6.07 Å².